The molecule has 0 radical (unpaired) electrons. The molecular formula is C18H23FN2. The van der Waals surface area contributed by atoms with Crippen LogP contribution in [0.4, 0.5) is 4.39 Å². The van der Waals surface area contributed by atoms with E-state index in [4.69, 9.17) is 5.73 Å². The molecule has 0 unspecified atom stereocenters. The van der Waals surface area contributed by atoms with E-state index in [9.17, 15) is 4.39 Å². The lowest BCUT2D eigenvalue weighted by atomic mass is 10.1. The molecule has 2 aromatic rings. The Kier molecular flexibility index (Phi) is 5.48. The molecular weight excluding hydrogens is 263 g/mol. The number of rotatable bonds is 6. The first-order valence-electron chi connectivity index (χ1n) is 7.38. The molecule has 0 spiro atoms. The highest BCUT2D eigenvalue weighted by molar-refractivity contribution is 5.27. The minimum atomic E-state index is -0.166. The topological polar surface area (TPSA) is 29.3 Å². The van der Waals surface area contributed by atoms with Gasteiger partial charge in [0.1, 0.15) is 5.82 Å². The minimum Gasteiger partial charge on any atom is -0.326 e. The zero-order valence-electron chi connectivity index (χ0n) is 12.8. The third kappa shape index (κ3) is 4.13. The molecule has 2 N–H and O–H groups in total. The number of hydrogen-bond donors (Lipinski definition) is 1. The van der Waals surface area contributed by atoms with Gasteiger partial charge >= 0.3 is 0 Å². The second-order valence-corrected chi connectivity index (χ2v) is 5.36. The van der Waals surface area contributed by atoms with E-state index in [1.165, 1.54) is 17.2 Å². The van der Waals surface area contributed by atoms with Gasteiger partial charge in [0.05, 0.1) is 0 Å². The Balaban J connectivity index is 2.11. The van der Waals surface area contributed by atoms with Gasteiger partial charge in [-0.05, 0) is 36.2 Å². The summed E-state index contributed by atoms with van der Waals surface area (Å²) in [5.74, 6) is -0.166. The van der Waals surface area contributed by atoms with Crippen LogP contribution in [-0.2, 0) is 19.6 Å². The first kappa shape index (κ1) is 15.7. The zero-order chi connectivity index (χ0) is 15.2. The molecule has 0 aromatic heterocycles. The summed E-state index contributed by atoms with van der Waals surface area (Å²) in [5, 5.41) is 0. The maximum Gasteiger partial charge on any atom is 0.128 e. The van der Waals surface area contributed by atoms with E-state index in [1.807, 2.05) is 24.3 Å². The van der Waals surface area contributed by atoms with E-state index in [-0.39, 0.29) is 5.82 Å². The largest absolute Gasteiger partial charge is 0.326 e. The molecule has 0 amide bonds. The summed E-state index contributed by atoms with van der Waals surface area (Å²) in [7, 11) is 0. The lowest BCUT2D eigenvalue weighted by Gasteiger charge is -2.22. The van der Waals surface area contributed by atoms with Crippen molar-refractivity contribution in [3.63, 3.8) is 0 Å². The van der Waals surface area contributed by atoms with Crippen LogP contribution in [0, 0.1) is 12.7 Å². The zero-order valence-corrected chi connectivity index (χ0v) is 12.8. The van der Waals surface area contributed by atoms with Crippen LogP contribution in [-0.4, -0.2) is 11.4 Å². The molecule has 0 heterocycles. The van der Waals surface area contributed by atoms with Gasteiger partial charge in [0.15, 0.2) is 0 Å². The third-order valence-corrected chi connectivity index (χ3v) is 3.85. The van der Waals surface area contributed by atoms with Gasteiger partial charge in [-0.1, -0.05) is 43.3 Å². The SMILES string of the molecule is CCN(Cc1ccccc1C)Cc1ccc(CN)cc1F. The number of halogens is 1. The molecule has 0 aliphatic carbocycles. The highest BCUT2D eigenvalue weighted by atomic mass is 19.1. The second kappa shape index (κ2) is 7.34. The predicted molar refractivity (Wildman–Crippen MR) is 85.3 cm³/mol. The number of aryl methyl sites for hydroxylation is 1. The summed E-state index contributed by atoms with van der Waals surface area (Å²) in [6.45, 7) is 6.91. The van der Waals surface area contributed by atoms with E-state index in [0.717, 1.165) is 24.2 Å². The average molecular weight is 286 g/mol. The molecule has 0 aliphatic rings. The van der Waals surface area contributed by atoms with Crippen molar-refractivity contribution in [1.29, 1.82) is 0 Å². The fraction of sp³-hybridized carbons (Fsp3) is 0.333. The monoisotopic (exact) mass is 286 g/mol. The van der Waals surface area contributed by atoms with Crippen LogP contribution in [0.2, 0.25) is 0 Å². The Morgan fingerprint density at radius 1 is 1.05 bits per heavy atom. The average Bonchev–Trinajstić information content (AvgIpc) is 2.50. The summed E-state index contributed by atoms with van der Waals surface area (Å²) < 4.78 is 14.1. The number of benzene rings is 2. The van der Waals surface area contributed by atoms with E-state index in [0.29, 0.717) is 13.1 Å². The summed E-state index contributed by atoms with van der Waals surface area (Å²) in [6.07, 6.45) is 0. The number of nitrogens with zero attached hydrogens (tertiary/aromatic N) is 1. The van der Waals surface area contributed by atoms with Crippen LogP contribution in [0.25, 0.3) is 0 Å². The highest BCUT2D eigenvalue weighted by Crippen LogP contribution is 2.16. The highest BCUT2D eigenvalue weighted by Gasteiger charge is 2.10. The Labute approximate surface area is 126 Å². The molecule has 0 atom stereocenters. The molecule has 0 saturated heterocycles. The third-order valence-electron chi connectivity index (χ3n) is 3.85. The molecule has 2 nitrogen and oxygen atoms in total. The van der Waals surface area contributed by atoms with E-state index < -0.39 is 0 Å². The predicted octanol–water partition coefficient (Wildman–Crippen LogP) is 3.61. The maximum atomic E-state index is 14.1. The number of hydrogen-bond acceptors (Lipinski definition) is 2. The number of nitrogens with two attached hydrogens (primary N) is 1. The summed E-state index contributed by atoms with van der Waals surface area (Å²) in [5.41, 5.74) is 9.66. The van der Waals surface area contributed by atoms with Crippen molar-refractivity contribution in [2.24, 2.45) is 5.73 Å². The molecule has 21 heavy (non-hydrogen) atoms. The summed E-state index contributed by atoms with van der Waals surface area (Å²) >= 11 is 0. The Hall–Kier alpha value is -1.71. The van der Waals surface area contributed by atoms with Crippen LogP contribution in [0.3, 0.4) is 0 Å². The van der Waals surface area contributed by atoms with Crippen LogP contribution < -0.4 is 5.73 Å². The lowest BCUT2D eigenvalue weighted by molar-refractivity contribution is 0.267. The summed E-state index contributed by atoms with van der Waals surface area (Å²) in [4.78, 5) is 2.24. The first-order chi connectivity index (χ1) is 10.1. The standard InChI is InChI=1S/C18H23FN2/c1-3-21(12-16-7-5-4-6-14(16)2)13-17-9-8-15(11-20)10-18(17)19/h4-10H,3,11-13,20H2,1-2H3. The molecule has 2 rings (SSSR count). The Morgan fingerprint density at radius 2 is 1.76 bits per heavy atom. The van der Waals surface area contributed by atoms with Gasteiger partial charge in [0.25, 0.3) is 0 Å². The molecule has 0 saturated carbocycles. The van der Waals surface area contributed by atoms with Crippen molar-refractivity contribution in [3.8, 4) is 0 Å². The fourth-order valence-electron chi connectivity index (χ4n) is 2.39. The Morgan fingerprint density at radius 3 is 2.38 bits per heavy atom. The summed E-state index contributed by atoms with van der Waals surface area (Å²) in [6, 6.07) is 13.6. The van der Waals surface area contributed by atoms with Crippen LogP contribution in [0.1, 0.15) is 29.2 Å². The molecule has 0 bridgehead atoms. The van der Waals surface area contributed by atoms with Crippen LogP contribution >= 0.6 is 0 Å². The van der Waals surface area contributed by atoms with Gasteiger partial charge in [0, 0.05) is 25.2 Å². The van der Waals surface area contributed by atoms with Crippen molar-refractivity contribution in [2.75, 3.05) is 6.54 Å². The molecule has 0 aliphatic heterocycles. The van der Waals surface area contributed by atoms with E-state index in [2.05, 4.69) is 30.9 Å². The second-order valence-electron chi connectivity index (χ2n) is 5.36. The van der Waals surface area contributed by atoms with Crippen molar-refractivity contribution < 1.29 is 4.39 Å². The maximum absolute atomic E-state index is 14.1. The lowest BCUT2D eigenvalue weighted by Crippen LogP contribution is -2.23. The van der Waals surface area contributed by atoms with Crippen LogP contribution in [0.15, 0.2) is 42.5 Å². The smallest absolute Gasteiger partial charge is 0.128 e. The fourth-order valence-corrected chi connectivity index (χ4v) is 2.39. The van der Waals surface area contributed by atoms with Gasteiger partial charge in [-0.3, -0.25) is 4.90 Å². The van der Waals surface area contributed by atoms with Gasteiger partial charge in [-0.15, -0.1) is 0 Å². The van der Waals surface area contributed by atoms with E-state index >= 15 is 0 Å². The van der Waals surface area contributed by atoms with Crippen molar-refractivity contribution in [1.82, 2.24) is 4.90 Å². The Bertz CT molecular complexity index is 596. The van der Waals surface area contributed by atoms with Crippen molar-refractivity contribution >= 4 is 0 Å². The quantitative estimate of drug-likeness (QED) is 0.879. The molecule has 2 aromatic carbocycles. The molecule has 3 heteroatoms. The van der Waals surface area contributed by atoms with Gasteiger partial charge < -0.3 is 5.73 Å². The minimum absolute atomic E-state index is 0.166. The molecule has 112 valence electrons. The van der Waals surface area contributed by atoms with Gasteiger partial charge in [-0.2, -0.15) is 0 Å². The van der Waals surface area contributed by atoms with Crippen molar-refractivity contribution in [2.45, 2.75) is 33.5 Å². The van der Waals surface area contributed by atoms with Gasteiger partial charge in [-0.25, -0.2) is 4.39 Å². The molecule has 0 fully saturated rings. The normalized spacial score (nSPS) is 11.1. The van der Waals surface area contributed by atoms with E-state index in [1.54, 1.807) is 0 Å². The van der Waals surface area contributed by atoms with Crippen LogP contribution in [0.5, 0.6) is 0 Å². The van der Waals surface area contributed by atoms with Crippen molar-refractivity contribution in [3.05, 3.63) is 70.5 Å². The first-order valence-corrected chi connectivity index (χ1v) is 7.38. The van der Waals surface area contributed by atoms with Gasteiger partial charge in [0.2, 0.25) is 0 Å².